The van der Waals surface area contributed by atoms with Crippen LogP contribution in [0.15, 0.2) is 41.2 Å². The van der Waals surface area contributed by atoms with Crippen LogP contribution in [-0.4, -0.2) is 15.8 Å². The van der Waals surface area contributed by atoms with Crippen molar-refractivity contribution in [2.24, 2.45) is 5.73 Å². The Balaban J connectivity index is 2.35. The summed E-state index contributed by atoms with van der Waals surface area (Å²) in [6.45, 7) is 2.34. The Bertz CT molecular complexity index is 607. The minimum Gasteiger partial charge on any atom is -0.326 e. The molecular weight excluding hydrogens is 245 g/mol. The lowest BCUT2D eigenvalue weighted by atomic mass is 10.1. The minimum absolute atomic E-state index is 0.103. The summed E-state index contributed by atoms with van der Waals surface area (Å²) in [6.07, 6.45) is 0.773. The first-order valence-electron chi connectivity index (χ1n) is 6.20. The third-order valence-electron chi connectivity index (χ3n) is 2.94. The van der Waals surface area contributed by atoms with Gasteiger partial charge in [0.25, 0.3) is 5.56 Å². The van der Waals surface area contributed by atoms with Crippen molar-refractivity contribution in [3.8, 4) is 11.3 Å². The van der Waals surface area contributed by atoms with E-state index in [9.17, 15) is 9.18 Å². The van der Waals surface area contributed by atoms with Crippen LogP contribution in [0.3, 0.4) is 0 Å². The molecule has 2 aromatic rings. The van der Waals surface area contributed by atoms with Crippen LogP contribution in [-0.2, 0) is 6.54 Å². The van der Waals surface area contributed by atoms with Crippen molar-refractivity contribution in [1.29, 1.82) is 0 Å². The maximum absolute atomic E-state index is 12.9. The van der Waals surface area contributed by atoms with E-state index < -0.39 is 0 Å². The quantitative estimate of drug-likeness (QED) is 0.912. The molecule has 0 aliphatic heterocycles. The molecule has 2 rings (SSSR count). The van der Waals surface area contributed by atoms with Crippen molar-refractivity contribution in [3.05, 3.63) is 52.6 Å². The number of hydrogen-bond donors (Lipinski definition) is 1. The average Bonchev–Trinajstić information content (AvgIpc) is 2.42. The predicted octanol–water partition coefficient (Wildman–Crippen LogP) is 1.79. The van der Waals surface area contributed by atoms with Gasteiger partial charge in [-0.25, -0.2) is 9.07 Å². The summed E-state index contributed by atoms with van der Waals surface area (Å²) in [5.74, 6) is -0.301. The van der Waals surface area contributed by atoms with E-state index in [1.165, 1.54) is 22.9 Å². The second kappa shape index (κ2) is 5.75. The molecule has 0 aliphatic rings. The number of nitrogens with zero attached hydrogens (tertiary/aromatic N) is 2. The maximum atomic E-state index is 12.9. The zero-order valence-electron chi connectivity index (χ0n) is 10.7. The fraction of sp³-hybridized carbons (Fsp3) is 0.286. The highest BCUT2D eigenvalue weighted by Gasteiger charge is 2.06. The second-order valence-electron chi connectivity index (χ2n) is 4.41. The summed E-state index contributed by atoms with van der Waals surface area (Å²) < 4.78 is 14.2. The van der Waals surface area contributed by atoms with Gasteiger partial charge in [0, 0.05) is 17.7 Å². The van der Waals surface area contributed by atoms with Crippen molar-refractivity contribution in [2.75, 3.05) is 0 Å². The number of rotatable bonds is 4. The lowest BCUT2D eigenvalue weighted by molar-refractivity contribution is 0.482. The van der Waals surface area contributed by atoms with E-state index in [4.69, 9.17) is 5.73 Å². The Morgan fingerprint density at radius 1 is 1.26 bits per heavy atom. The number of benzene rings is 1. The summed E-state index contributed by atoms with van der Waals surface area (Å²) in [5, 5.41) is 4.26. The Morgan fingerprint density at radius 2 is 1.95 bits per heavy atom. The van der Waals surface area contributed by atoms with Gasteiger partial charge in [0.15, 0.2) is 0 Å². The van der Waals surface area contributed by atoms with Crippen molar-refractivity contribution < 1.29 is 4.39 Å². The average molecular weight is 261 g/mol. The van der Waals surface area contributed by atoms with E-state index in [-0.39, 0.29) is 17.4 Å². The molecule has 0 saturated heterocycles. The van der Waals surface area contributed by atoms with E-state index in [1.54, 1.807) is 18.2 Å². The van der Waals surface area contributed by atoms with Gasteiger partial charge in [0.2, 0.25) is 0 Å². The second-order valence-corrected chi connectivity index (χ2v) is 4.41. The van der Waals surface area contributed by atoms with E-state index in [0.29, 0.717) is 12.2 Å². The highest BCUT2D eigenvalue weighted by atomic mass is 19.1. The van der Waals surface area contributed by atoms with Crippen molar-refractivity contribution >= 4 is 0 Å². The molecule has 1 unspecified atom stereocenters. The van der Waals surface area contributed by atoms with E-state index in [1.807, 2.05) is 6.92 Å². The smallest absolute Gasteiger partial charge is 0.266 e. The first-order chi connectivity index (χ1) is 9.10. The molecule has 19 heavy (non-hydrogen) atoms. The van der Waals surface area contributed by atoms with Crippen molar-refractivity contribution in [2.45, 2.75) is 25.9 Å². The molecule has 2 N–H and O–H groups in total. The topological polar surface area (TPSA) is 60.9 Å². The van der Waals surface area contributed by atoms with Crippen LogP contribution in [0, 0.1) is 5.82 Å². The molecule has 1 aromatic carbocycles. The van der Waals surface area contributed by atoms with E-state index >= 15 is 0 Å². The molecule has 0 bridgehead atoms. The Morgan fingerprint density at radius 3 is 2.58 bits per heavy atom. The summed E-state index contributed by atoms with van der Waals surface area (Å²) in [5.41, 5.74) is 7.04. The van der Waals surface area contributed by atoms with Gasteiger partial charge in [-0.2, -0.15) is 5.10 Å². The van der Waals surface area contributed by atoms with Crippen LogP contribution in [0.2, 0.25) is 0 Å². The monoisotopic (exact) mass is 261 g/mol. The molecule has 0 spiro atoms. The van der Waals surface area contributed by atoms with Gasteiger partial charge in [-0.3, -0.25) is 4.79 Å². The zero-order chi connectivity index (χ0) is 13.8. The lowest BCUT2D eigenvalue weighted by Gasteiger charge is -2.11. The number of halogens is 1. The third-order valence-corrected chi connectivity index (χ3v) is 2.94. The van der Waals surface area contributed by atoms with Gasteiger partial charge >= 0.3 is 0 Å². The minimum atomic E-state index is -0.301. The van der Waals surface area contributed by atoms with Crippen LogP contribution >= 0.6 is 0 Å². The van der Waals surface area contributed by atoms with Crippen molar-refractivity contribution in [3.63, 3.8) is 0 Å². The Labute approximate surface area is 110 Å². The standard InChI is InChI=1S/C14H16FN3O/c1-2-12(16)9-18-14(19)8-7-13(17-18)10-3-5-11(15)6-4-10/h3-8,12H,2,9,16H2,1H3. The van der Waals surface area contributed by atoms with Gasteiger partial charge in [-0.05, 0) is 36.8 Å². The fourth-order valence-electron chi connectivity index (χ4n) is 1.71. The van der Waals surface area contributed by atoms with Gasteiger partial charge in [-0.1, -0.05) is 6.92 Å². The molecular formula is C14H16FN3O. The fourth-order valence-corrected chi connectivity index (χ4v) is 1.71. The van der Waals surface area contributed by atoms with Crippen LogP contribution in [0.5, 0.6) is 0 Å². The normalized spacial score (nSPS) is 12.4. The third kappa shape index (κ3) is 3.26. The van der Waals surface area contributed by atoms with Gasteiger partial charge < -0.3 is 5.73 Å². The molecule has 0 amide bonds. The van der Waals surface area contributed by atoms with Gasteiger partial charge in [-0.15, -0.1) is 0 Å². The molecule has 0 fully saturated rings. The SMILES string of the molecule is CCC(N)Cn1nc(-c2ccc(F)cc2)ccc1=O. The van der Waals surface area contributed by atoms with Crippen molar-refractivity contribution in [1.82, 2.24) is 9.78 Å². The first kappa shape index (κ1) is 13.4. The van der Waals surface area contributed by atoms with E-state index in [0.717, 1.165) is 12.0 Å². The highest BCUT2D eigenvalue weighted by molar-refractivity contribution is 5.57. The molecule has 0 saturated carbocycles. The molecule has 0 aliphatic carbocycles. The number of hydrogen-bond acceptors (Lipinski definition) is 3. The molecule has 5 heteroatoms. The first-order valence-corrected chi connectivity index (χ1v) is 6.20. The lowest BCUT2D eigenvalue weighted by Crippen LogP contribution is -2.32. The largest absolute Gasteiger partial charge is 0.326 e. The summed E-state index contributed by atoms with van der Waals surface area (Å²) in [6, 6.07) is 8.97. The van der Waals surface area contributed by atoms with Gasteiger partial charge in [0.05, 0.1) is 12.2 Å². The molecule has 1 aromatic heterocycles. The molecule has 100 valence electrons. The Hall–Kier alpha value is -2.01. The van der Waals surface area contributed by atoms with Gasteiger partial charge in [0.1, 0.15) is 5.82 Å². The number of aromatic nitrogens is 2. The molecule has 1 atom stereocenters. The Kier molecular flexibility index (Phi) is 4.06. The van der Waals surface area contributed by atoms with Crippen LogP contribution in [0.1, 0.15) is 13.3 Å². The zero-order valence-corrected chi connectivity index (χ0v) is 10.7. The summed E-state index contributed by atoms with van der Waals surface area (Å²) >= 11 is 0. The van der Waals surface area contributed by atoms with E-state index in [2.05, 4.69) is 5.10 Å². The maximum Gasteiger partial charge on any atom is 0.266 e. The van der Waals surface area contributed by atoms with Crippen LogP contribution < -0.4 is 11.3 Å². The van der Waals surface area contributed by atoms with Crippen LogP contribution in [0.4, 0.5) is 4.39 Å². The van der Waals surface area contributed by atoms with Crippen LogP contribution in [0.25, 0.3) is 11.3 Å². The highest BCUT2D eigenvalue weighted by Crippen LogP contribution is 2.15. The number of nitrogens with two attached hydrogens (primary N) is 1. The molecule has 4 nitrogen and oxygen atoms in total. The summed E-state index contributed by atoms with van der Waals surface area (Å²) in [7, 11) is 0. The predicted molar refractivity (Wildman–Crippen MR) is 72.2 cm³/mol. The molecule has 1 heterocycles. The summed E-state index contributed by atoms with van der Waals surface area (Å²) in [4.78, 5) is 11.7. The molecule has 0 radical (unpaired) electrons.